The minimum absolute atomic E-state index is 0.0255. The molecule has 1 unspecified atom stereocenters. The van der Waals surface area contributed by atoms with E-state index in [-0.39, 0.29) is 23.2 Å². The molecule has 0 amide bonds. The molecule has 0 aromatic heterocycles. The zero-order chi connectivity index (χ0) is 12.4. The predicted octanol–water partition coefficient (Wildman–Crippen LogP) is 3.56. The Kier molecular flexibility index (Phi) is 3.77. The van der Waals surface area contributed by atoms with Crippen LogP contribution in [-0.4, -0.2) is 13.1 Å². The maximum absolute atomic E-state index is 14.3. The van der Waals surface area contributed by atoms with E-state index in [0.29, 0.717) is 12.1 Å². The van der Waals surface area contributed by atoms with Gasteiger partial charge in [-0.1, -0.05) is 19.9 Å². The van der Waals surface area contributed by atoms with Gasteiger partial charge in [-0.3, -0.25) is 0 Å². The summed E-state index contributed by atoms with van der Waals surface area (Å²) in [5.41, 5.74) is 0.898. The summed E-state index contributed by atoms with van der Waals surface area (Å²) in [6, 6.07) is 2.97. The van der Waals surface area contributed by atoms with Crippen LogP contribution in [0.1, 0.15) is 49.7 Å². The van der Waals surface area contributed by atoms with Crippen LogP contribution < -0.4 is 5.32 Å². The molecule has 1 aromatic rings. The van der Waals surface area contributed by atoms with Crippen molar-refractivity contribution in [2.75, 3.05) is 13.1 Å². The number of piperidine rings is 1. The number of hydrogen-bond donors (Lipinski definition) is 1. The molecule has 1 heterocycles. The SMILES string of the molecule is CC(C)c1ccc(F)c(C2CCCNC2)c1F. The fraction of sp³-hybridized carbons (Fsp3) is 0.571. The molecule has 3 heteroatoms. The van der Waals surface area contributed by atoms with Crippen LogP contribution in [0.4, 0.5) is 8.78 Å². The lowest BCUT2D eigenvalue weighted by Gasteiger charge is -2.25. The molecule has 0 saturated carbocycles. The van der Waals surface area contributed by atoms with Gasteiger partial charge in [-0.2, -0.15) is 0 Å². The summed E-state index contributed by atoms with van der Waals surface area (Å²) in [6.07, 6.45) is 1.85. The normalized spacial score (nSPS) is 20.9. The van der Waals surface area contributed by atoms with Gasteiger partial charge in [0, 0.05) is 18.0 Å². The molecular formula is C14H19F2N. The van der Waals surface area contributed by atoms with Gasteiger partial charge in [0.2, 0.25) is 0 Å². The summed E-state index contributed by atoms with van der Waals surface area (Å²) in [7, 11) is 0. The molecule has 1 saturated heterocycles. The van der Waals surface area contributed by atoms with Crippen molar-refractivity contribution in [3.05, 3.63) is 34.9 Å². The molecule has 2 rings (SSSR count). The first-order valence-corrected chi connectivity index (χ1v) is 6.29. The van der Waals surface area contributed by atoms with Crippen LogP contribution in [0.2, 0.25) is 0 Å². The van der Waals surface area contributed by atoms with E-state index >= 15 is 0 Å². The number of benzene rings is 1. The summed E-state index contributed by atoms with van der Waals surface area (Å²) < 4.78 is 28.1. The van der Waals surface area contributed by atoms with Crippen molar-refractivity contribution in [2.45, 2.75) is 38.5 Å². The van der Waals surface area contributed by atoms with E-state index in [9.17, 15) is 8.78 Å². The molecule has 94 valence electrons. The molecule has 0 spiro atoms. The van der Waals surface area contributed by atoms with Crippen molar-refractivity contribution in [3.63, 3.8) is 0 Å². The van der Waals surface area contributed by atoms with Crippen molar-refractivity contribution in [1.82, 2.24) is 5.32 Å². The molecule has 17 heavy (non-hydrogen) atoms. The number of rotatable bonds is 2. The van der Waals surface area contributed by atoms with Gasteiger partial charge in [0.15, 0.2) is 0 Å². The molecule has 1 aliphatic rings. The predicted molar refractivity (Wildman–Crippen MR) is 65.3 cm³/mol. The van der Waals surface area contributed by atoms with Crippen LogP contribution in [0.3, 0.4) is 0 Å². The zero-order valence-electron chi connectivity index (χ0n) is 10.4. The fourth-order valence-electron chi connectivity index (χ4n) is 2.50. The van der Waals surface area contributed by atoms with E-state index in [1.54, 1.807) is 6.07 Å². The Bertz CT molecular complexity index is 395. The Hall–Kier alpha value is -0.960. The van der Waals surface area contributed by atoms with E-state index in [1.807, 2.05) is 13.8 Å². The summed E-state index contributed by atoms with van der Waals surface area (Å²) in [5, 5.41) is 3.20. The highest BCUT2D eigenvalue weighted by atomic mass is 19.1. The first kappa shape index (κ1) is 12.5. The van der Waals surface area contributed by atoms with Gasteiger partial charge in [-0.25, -0.2) is 8.78 Å². The fourth-order valence-corrected chi connectivity index (χ4v) is 2.50. The van der Waals surface area contributed by atoms with E-state index in [4.69, 9.17) is 0 Å². The Balaban J connectivity index is 2.40. The molecule has 0 radical (unpaired) electrons. The van der Waals surface area contributed by atoms with Gasteiger partial charge in [-0.15, -0.1) is 0 Å². The van der Waals surface area contributed by atoms with E-state index in [1.165, 1.54) is 6.07 Å². The first-order chi connectivity index (χ1) is 8.11. The molecule has 1 N–H and O–H groups in total. The van der Waals surface area contributed by atoms with E-state index in [2.05, 4.69) is 5.32 Å². The average molecular weight is 239 g/mol. The van der Waals surface area contributed by atoms with Gasteiger partial charge in [0.1, 0.15) is 11.6 Å². The van der Waals surface area contributed by atoms with Gasteiger partial charge >= 0.3 is 0 Å². The molecule has 0 aliphatic carbocycles. The Morgan fingerprint density at radius 2 is 2.06 bits per heavy atom. The highest BCUT2D eigenvalue weighted by Crippen LogP contribution is 2.31. The second-order valence-corrected chi connectivity index (χ2v) is 5.06. The molecule has 1 fully saturated rings. The van der Waals surface area contributed by atoms with Gasteiger partial charge < -0.3 is 5.32 Å². The summed E-state index contributed by atoms with van der Waals surface area (Å²) in [5.74, 6) is -0.678. The third-order valence-electron chi connectivity index (χ3n) is 3.48. The monoisotopic (exact) mass is 239 g/mol. The van der Waals surface area contributed by atoms with E-state index in [0.717, 1.165) is 19.4 Å². The Labute approximate surface area is 101 Å². The third-order valence-corrected chi connectivity index (χ3v) is 3.48. The molecule has 1 aromatic carbocycles. The highest BCUT2D eigenvalue weighted by molar-refractivity contribution is 5.32. The molecule has 1 aliphatic heterocycles. The Morgan fingerprint density at radius 1 is 1.29 bits per heavy atom. The van der Waals surface area contributed by atoms with Crippen molar-refractivity contribution in [2.24, 2.45) is 0 Å². The minimum atomic E-state index is -0.402. The lowest BCUT2D eigenvalue weighted by atomic mass is 9.88. The highest BCUT2D eigenvalue weighted by Gasteiger charge is 2.24. The van der Waals surface area contributed by atoms with Crippen molar-refractivity contribution in [1.29, 1.82) is 0 Å². The average Bonchev–Trinajstić information content (AvgIpc) is 2.30. The van der Waals surface area contributed by atoms with Crippen LogP contribution in [0.15, 0.2) is 12.1 Å². The maximum atomic E-state index is 14.3. The number of nitrogens with one attached hydrogen (secondary N) is 1. The summed E-state index contributed by atoms with van der Waals surface area (Å²) in [6.45, 7) is 5.48. The largest absolute Gasteiger partial charge is 0.316 e. The lowest BCUT2D eigenvalue weighted by molar-refractivity contribution is 0.425. The van der Waals surface area contributed by atoms with Crippen LogP contribution in [-0.2, 0) is 0 Å². The quantitative estimate of drug-likeness (QED) is 0.832. The third kappa shape index (κ3) is 2.49. The van der Waals surface area contributed by atoms with Crippen molar-refractivity contribution in [3.8, 4) is 0 Å². The minimum Gasteiger partial charge on any atom is -0.316 e. The lowest BCUT2D eigenvalue weighted by Crippen LogP contribution is -2.29. The first-order valence-electron chi connectivity index (χ1n) is 6.29. The zero-order valence-corrected chi connectivity index (χ0v) is 10.4. The second kappa shape index (κ2) is 5.13. The second-order valence-electron chi connectivity index (χ2n) is 5.06. The van der Waals surface area contributed by atoms with Gasteiger partial charge in [0.25, 0.3) is 0 Å². The summed E-state index contributed by atoms with van der Waals surface area (Å²) >= 11 is 0. The smallest absolute Gasteiger partial charge is 0.133 e. The molecule has 1 nitrogen and oxygen atoms in total. The molecule has 0 bridgehead atoms. The van der Waals surface area contributed by atoms with Crippen LogP contribution in [0.5, 0.6) is 0 Å². The van der Waals surface area contributed by atoms with Crippen molar-refractivity contribution >= 4 is 0 Å². The Morgan fingerprint density at radius 3 is 2.65 bits per heavy atom. The topological polar surface area (TPSA) is 12.0 Å². The van der Waals surface area contributed by atoms with Crippen LogP contribution >= 0.6 is 0 Å². The molecule has 1 atom stereocenters. The van der Waals surface area contributed by atoms with Crippen molar-refractivity contribution < 1.29 is 8.78 Å². The summed E-state index contributed by atoms with van der Waals surface area (Å²) in [4.78, 5) is 0. The van der Waals surface area contributed by atoms with Gasteiger partial charge in [0.05, 0.1) is 0 Å². The maximum Gasteiger partial charge on any atom is 0.133 e. The van der Waals surface area contributed by atoms with E-state index < -0.39 is 5.82 Å². The number of hydrogen-bond acceptors (Lipinski definition) is 1. The molecular weight excluding hydrogens is 220 g/mol. The standard InChI is InChI=1S/C14H19F2N/c1-9(2)11-5-6-12(15)13(14(11)16)10-4-3-7-17-8-10/h5-6,9-10,17H,3-4,7-8H2,1-2H3. The number of halogens is 2. The van der Waals surface area contributed by atoms with Gasteiger partial charge in [-0.05, 0) is 36.9 Å². The van der Waals surface area contributed by atoms with Crippen LogP contribution in [0.25, 0.3) is 0 Å². The van der Waals surface area contributed by atoms with Crippen LogP contribution in [0, 0.1) is 11.6 Å².